The fourth-order valence-electron chi connectivity index (χ4n) is 3.58. The summed E-state index contributed by atoms with van der Waals surface area (Å²) in [5.74, 6) is 1.01. The van der Waals surface area contributed by atoms with E-state index < -0.39 is 0 Å². The number of hydrogen-bond donors (Lipinski definition) is 1. The van der Waals surface area contributed by atoms with Crippen molar-refractivity contribution in [2.75, 3.05) is 31.1 Å². The Labute approximate surface area is 147 Å². The molecular weight excluding hydrogens is 316 g/mol. The molecule has 0 bridgehead atoms. The van der Waals surface area contributed by atoms with Crippen LogP contribution in [0.25, 0.3) is 0 Å². The standard InChI is InChI=1S/C20H22N2O3/c23-18-7-3-2-6-16(18)22-12-13-25-19-14-15(8-9-17(19)22)20(24)21-10-4-1-5-11-21/h2-3,6-9,14,23H,1,4-5,10-13H2. The summed E-state index contributed by atoms with van der Waals surface area (Å²) in [6, 6.07) is 12.9. The topological polar surface area (TPSA) is 53.0 Å². The van der Waals surface area contributed by atoms with Crippen LogP contribution in [0.1, 0.15) is 29.6 Å². The molecule has 0 aliphatic carbocycles. The van der Waals surface area contributed by atoms with Gasteiger partial charge in [-0.25, -0.2) is 0 Å². The number of ether oxygens (including phenoxy) is 1. The Bertz CT molecular complexity index is 784. The first-order chi connectivity index (χ1) is 12.2. The summed E-state index contributed by atoms with van der Waals surface area (Å²) in [5.41, 5.74) is 2.30. The molecule has 5 nitrogen and oxygen atoms in total. The fraction of sp³-hybridized carbons (Fsp3) is 0.350. The molecule has 1 fully saturated rings. The van der Waals surface area contributed by atoms with Gasteiger partial charge in [0.1, 0.15) is 18.1 Å². The number of phenolic OH excluding ortho intramolecular Hbond substituents is 1. The minimum Gasteiger partial charge on any atom is -0.506 e. The minimum atomic E-state index is 0.0748. The zero-order valence-corrected chi connectivity index (χ0v) is 14.1. The number of phenols is 1. The van der Waals surface area contributed by atoms with E-state index in [1.807, 2.05) is 40.1 Å². The molecular formula is C20H22N2O3. The molecule has 0 radical (unpaired) electrons. The lowest BCUT2D eigenvalue weighted by Gasteiger charge is -2.32. The molecule has 2 aromatic rings. The molecule has 2 heterocycles. The lowest BCUT2D eigenvalue weighted by atomic mass is 10.1. The van der Waals surface area contributed by atoms with E-state index >= 15 is 0 Å². The number of piperidine rings is 1. The Morgan fingerprint density at radius 1 is 0.960 bits per heavy atom. The molecule has 5 heteroatoms. The second-order valence-electron chi connectivity index (χ2n) is 6.52. The van der Waals surface area contributed by atoms with Gasteiger partial charge in [-0.1, -0.05) is 12.1 Å². The summed E-state index contributed by atoms with van der Waals surface area (Å²) in [5, 5.41) is 10.2. The van der Waals surface area contributed by atoms with Crippen molar-refractivity contribution in [2.24, 2.45) is 0 Å². The van der Waals surface area contributed by atoms with Crippen LogP contribution in [0.5, 0.6) is 11.5 Å². The Morgan fingerprint density at radius 2 is 1.76 bits per heavy atom. The summed E-state index contributed by atoms with van der Waals surface area (Å²) < 4.78 is 5.80. The van der Waals surface area contributed by atoms with Gasteiger partial charge in [0.25, 0.3) is 5.91 Å². The molecule has 0 aromatic heterocycles. The van der Waals surface area contributed by atoms with Crippen LogP contribution >= 0.6 is 0 Å². The van der Waals surface area contributed by atoms with Crippen LogP contribution in [0.3, 0.4) is 0 Å². The molecule has 1 saturated heterocycles. The number of anilines is 2. The smallest absolute Gasteiger partial charge is 0.253 e. The largest absolute Gasteiger partial charge is 0.506 e. The second kappa shape index (κ2) is 6.67. The van der Waals surface area contributed by atoms with Crippen LogP contribution in [0, 0.1) is 0 Å². The van der Waals surface area contributed by atoms with Crippen molar-refractivity contribution in [1.29, 1.82) is 0 Å². The first kappa shape index (κ1) is 15.8. The molecule has 1 N–H and O–H groups in total. The van der Waals surface area contributed by atoms with Crippen molar-refractivity contribution in [3.05, 3.63) is 48.0 Å². The summed E-state index contributed by atoms with van der Waals surface area (Å²) in [6.45, 7) is 2.84. The quantitative estimate of drug-likeness (QED) is 0.910. The van der Waals surface area contributed by atoms with Crippen molar-refractivity contribution >= 4 is 17.3 Å². The van der Waals surface area contributed by atoms with Gasteiger partial charge < -0.3 is 19.6 Å². The number of carbonyl (C=O) groups excluding carboxylic acids is 1. The highest BCUT2D eigenvalue weighted by Gasteiger charge is 2.24. The minimum absolute atomic E-state index is 0.0748. The molecule has 130 valence electrons. The normalized spacial score (nSPS) is 17.0. The van der Waals surface area contributed by atoms with Crippen LogP contribution in [0.4, 0.5) is 11.4 Å². The van der Waals surface area contributed by atoms with Gasteiger partial charge in [0.2, 0.25) is 0 Å². The van der Waals surface area contributed by atoms with Gasteiger partial charge in [0.15, 0.2) is 0 Å². The van der Waals surface area contributed by atoms with E-state index in [0.717, 1.165) is 37.3 Å². The molecule has 2 aromatic carbocycles. The number of nitrogens with zero attached hydrogens (tertiary/aromatic N) is 2. The van der Waals surface area contributed by atoms with Crippen molar-refractivity contribution in [3.63, 3.8) is 0 Å². The number of rotatable bonds is 2. The van der Waals surface area contributed by atoms with Gasteiger partial charge >= 0.3 is 0 Å². The molecule has 0 spiro atoms. The molecule has 0 atom stereocenters. The Hall–Kier alpha value is -2.69. The predicted molar refractivity (Wildman–Crippen MR) is 96.8 cm³/mol. The number of para-hydroxylation sites is 2. The van der Waals surface area contributed by atoms with Gasteiger partial charge in [0.05, 0.1) is 17.9 Å². The van der Waals surface area contributed by atoms with Gasteiger partial charge in [0, 0.05) is 18.7 Å². The zero-order chi connectivity index (χ0) is 17.2. The Morgan fingerprint density at radius 3 is 2.56 bits per heavy atom. The van der Waals surface area contributed by atoms with E-state index in [4.69, 9.17) is 4.74 Å². The molecule has 0 unspecified atom stereocenters. The molecule has 2 aliphatic rings. The number of hydrogen-bond acceptors (Lipinski definition) is 4. The summed E-state index contributed by atoms with van der Waals surface area (Å²) in [4.78, 5) is 16.7. The van der Waals surface area contributed by atoms with Crippen LogP contribution in [-0.4, -0.2) is 42.2 Å². The first-order valence-electron chi connectivity index (χ1n) is 8.86. The number of benzene rings is 2. The van der Waals surface area contributed by atoms with Crippen LogP contribution in [0.2, 0.25) is 0 Å². The summed E-state index contributed by atoms with van der Waals surface area (Å²) >= 11 is 0. The monoisotopic (exact) mass is 338 g/mol. The molecule has 25 heavy (non-hydrogen) atoms. The average molecular weight is 338 g/mol. The van der Waals surface area contributed by atoms with Crippen LogP contribution < -0.4 is 9.64 Å². The zero-order valence-electron chi connectivity index (χ0n) is 14.1. The third kappa shape index (κ3) is 3.02. The Balaban J connectivity index is 1.64. The highest BCUT2D eigenvalue weighted by Crippen LogP contribution is 2.40. The lowest BCUT2D eigenvalue weighted by Crippen LogP contribution is -2.35. The van der Waals surface area contributed by atoms with E-state index in [-0.39, 0.29) is 11.7 Å². The molecule has 0 saturated carbocycles. The number of carbonyl (C=O) groups is 1. The molecule has 2 aliphatic heterocycles. The van der Waals surface area contributed by atoms with Gasteiger partial charge in [-0.3, -0.25) is 4.79 Å². The van der Waals surface area contributed by atoms with Gasteiger partial charge in [-0.15, -0.1) is 0 Å². The highest BCUT2D eigenvalue weighted by atomic mass is 16.5. The van der Waals surface area contributed by atoms with Crippen molar-refractivity contribution in [1.82, 2.24) is 4.90 Å². The van der Waals surface area contributed by atoms with E-state index in [2.05, 4.69) is 0 Å². The number of fused-ring (bicyclic) bond motifs is 1. The number of aromatic hydroxyl groups is 1. The van der Waals surface area contributed by atoms with Crippen molar-refractivity contribution in [2.45, 2.75) is 19.3 Å². The van der Waals surface area contributed by atoms with E-state index in [0.29, 0.717) is 24.5 Å². The van der Waals surface area contributed by atoms with E-state index in [1.54, 1.807) is 12.1 Å². The maximum absolute atomic E-state index is 12.7. The first-order valence-corrected chi connectivity index (χ1v) is 8.86. The highest BCUT2D eigenvalue weighted by molar-refractivity contribution is 5.95. The molecule has 4 rings (SSSR count). The van der Waals surface area contributed by atoms with E-state index in [9.17, 15) is 9.90 Å². The lowest BCUT2D eigenvalue weighted by molar-refractivity contribution is 0.0724. The number of likely N-dealkylation sites (tertiary alicyclic amines) is 1. The maximum Gasteiger partial charge on any atom is 0.253 e. The van der Waals surface area contributed by atoms with Gasteiger partial charge in [-0.05, 0) is 49.6 Å². The second-order valence-corrected chi connectivity index (χ2v) is 6.52. The third-order valence-corrected chi connectivity index (χ3v) is 4.89. The summed E-state index contributed by atoms with van der Waals surface area (Å²) in [6.07, 6.45) is 3.36. The predicted octanol–water partition coefficient (Wildman–Crippen LogP) is 3.55. The van der Waals surface area contributed by atoms with Crippen LogP contribution in [-0.2, 0) is 0 Å². The summed E-state index contributed by atoms with van der Waals surface area (Å²) in [7, 11) is 0. The SMILES string of the molecule is O=C(c1ccc2c(c1)OCCN2c1ccccc1O)N1CCCCC1. The van der Waals surface area contributed by atoms with E-state index in [1.165, 1.54) is 6.42 Å². The van der Waals surface area contributed by atoms with Crippen molar-refractivity contribution < 1.29 is 14.6 Å². The fourth-order valence-corrected chi connectivity index (χ4v) is 3.58. The maximum atomic E-state index is 12.7. The Kier molecular flexibility index (Phi) is 4.22. The van der Waals surface area contributed by atoms with Crippen molar-refractivity contribution in [3.8, 4) is 11.5 Å². The average Bonchev–Trinajstić information content (AvgIpc) is 2.68. The van der Waals surface area contributed by atoms with Gasteiger partial charge in [-0.2, -0.15) is 0 Å². The third-order valence-electron chi connectivity index (χ3n) is 4.89. The number of amides is 1. The van der Waals surface area contributed by atoms with Crippen LogP contribution in [0.15, 0.2) is 42.5 Å². The molecule has 1 amide bonds.